The monoisotopic (exact) mass is 426 g/mol. The summed E-state index contributed by atoms with van der Waals surface area (Å²) in [7, 11) is 0. The average Bonchev–Trinajstić information content (AvgIpc) is 3.27. The molecule has 31 heavy (non-hydrogen) atoms. The lowest BCUT2D eigenvalue weighted by Gasteiger charge is -2.63. The zero-order valence-corrected chi connectivity index (χ0v) is 21.7. The predicted molar refractivity (Wildman–Crippen MR) is 131 cm³/mol. The molecule has 0 bridgehead atoms. The first-order chi connectivity index (χ1) is 14.4. The van der Waals surface area contributed by atoms with Crippen LogP contribution in [0.5, 0.6) is 0 Å². The van der Waals surface area contributed by atoms with E-state index in [-0.39, 0.29) is 11.5 Å². The Kier molecular flexibility index (Phi) is 4.98. The number of aliphatic hydroxyl groups is 1. The van der Waals surface area contributed by atoms with Gasteiger partial charge < -0.3 is 5.11 Å². The molecule has 1 N–H and O–H groups in total. The lowest BCUT2D eigenvalue weighted by molar-refractivity contribution is -0.161. The van der Waals surface area contributed by atoms with Crippen molar-refractivity contribution in [2.45, 2.75) is 125 Å². The Bertz CT molecular complexity index is 760. The van der Waals surface area contributed by atoms with Gasteiger partial charge in [0.25, 0.3) is 0 Å². The van der Waals surface area contributed by atoms with E-state index < -0.39 is 0 Å². The van der Waals surface area contributed by atoms with Crippen molar-refractivity contribution in [3.05, 3.63) is 11.6 Å². The van der Waals surface area contributed by atoms with E-state index in [4.69, 9.17) is 0 Å². The molecule has 0 aromatic heterocycles. The van der Waals surface area contributed by atoms with Gasteiger partial charge in [-0.25, -0.2) is 0 Å². The molecule has 5 aliphatic rings. The standard InChI is InChI=1S/C30H50O/c1-20(2)9-8-10-21(3)22-13-15-28(7)24-12-11-23-26(4,5)25(31)14-16-29(23)19-30(24,29)18-17-27(22,28)6/h9,21-25,31H,8,10-19H2,1-7H3/t21-,22-,23+,24+,25+,27-,28+,29+,30-/m1/s1. The number of hydrogen-bond acceptors (Lipinski definition) is 1. The molecule has 0 radical (unpaired) electrons. The van der Waals surface area contributed by atoms with Gasteiger partial charge in [0.15, 0.2) is 0 Å². The van der Waals surface area contributed by atoms with Gasteiger partial charge in [-0.3, -0.25) is 0 Å². The largest absolute Gasteiger partial charge is 0.393 e. The van der Waals surface area contributed by atoms with Gasteiger partial charge in [0.2, 0.25) is 0 Å². The second-order valence-corrected chi connectivity index (χ2v) is 14.4. The first kappa shape index (κ1) is 22.5. The summed E-state index contributed by atoms with van der Waals surface area (Å²) in [6, 6.07) is 0. The van der Waals surface area contributed by atoms with Crippen molar-refractivity contribution in [2.75, 3.05) is 0 Å². The van der Waals surface area contributed by atoms with Crippen LogP contribution in [0.25, 0.3) is 0 Å². The van der Waals surface area contributed by atoms with Crippen molar-refractivity contribution in [3.8, 4) is 0 Å². The summed E-state index contributed by atoms with van der Waals surface area (Å²) in [5, 5.41) is 10.8. The first-order valence-electron chi connectivity index (χ1n) is 13.8. The van der Waals surface area contributed by atoms with E-state index in [1.807, 2.05) is 0 Å². The third-order valence-corrected chi connectivity index (χ3v) is 13.0. The van der Waals surface area contributed by atoms with Crippen molar-refractivity contribution in [1.82, 2.24) is 0 Å². The summed E-state index contributed by atoms with van der Waals surface area (Å²) in [5.41, 5.74) is 3.87. The molecule has 0 heterocycles. The Hall–Kier alpha value is -0.300. The van der Waals surface area contributed by atoms with Gasteiger partial charge in [-0.1, -0.05) is 46.3 Å². The van der Waals surface area contributed by atoms with Crippen LogP contribution < -0.4 is 0 Å². The zero-order valence-electron chi connectivity index (χ0n) is 21.7. The van der Waals surface area contributed by atoms with Gasteiger partial charge in [-0.2, -0.15) is 0 Å². The molecule has 1 heteroatoms. The molecule has 0 unspecified atom stereocenters. The number of allylic oxidation sites excluding steroid dienone is 2. The van der Waals surface area contributed by atoms with E-state index in [0.717, 1.165) is 30.1 Å². The van der Waals surface area contributed by atoms with Crippen molar-refractivity contribution < 1.29 is 5.11 Å². The van der Waals surface area contributed by atoms with E-state index >= 15 is 0 Å². The molecule has 176 valence electrons. The Morgan fingerprint density at radius 1 is 0.871 bits per heavy atom. The summed E-state index contributed by atoms with van der Waals surface area (Å²) >= 11 is 0. The van der Waals surface area contributed by atoms with E-state index in [1.165, 1.54) is 69.8 Å². The SMILES string of the molecule is CC(C)=CCC[C@@H](C)[C@H]1CC[C@@]2(C)[C@@H]3CC[C@H]4C(C)(C)[C@@H](O)CC[C@]45C[C@]35CC[C@]12C. The molecule has 9 atom stereocenters. The van der Waals surface area contributed by atoms with Crippen LogP contribution in [0.4, 0.5) is 0 Å². The van der Waals surface area contributed by atoms with Crippen molar-refractivity contribution >= 4 is 0 Å². The number of rotatable bonds is 4. The summed E-state index contributed by atoms with van der Waals surface area (Å²) in [6.07, 6.45) is 17.6. The summed E-state index contributed by atoms with van der Waals surface area (Å²) in [6.45, 7) is 17.3. The topological polar surface area (TPSA) is 20.2 Å². The summed E-state index contributed by atoms with van der Waals surface area (Å²) in [5.74, 6) is 3.46. The molecule has 0 aliphatic heterocycles. The number of aliphatic hydroxyl groups excluding tert-OH is 1. The lowest BCUT2D eigenvalue weighted by atomic mass is 9.41. The molecule has 1 nitrogen and oxygen atoms in total. The molecule has 2 spiro atoms. The van der Waals surface area contributed by atoms with E-state index in [0.29, 0.717) is 21.7 Å². The predicted octanol–water partition coefficient (Wildman–Crippen LogP) is 8.17. The number of fused-ring (bicyclic) bond motifs is 2. The Morgan fingerprint density at radius 3 is 2.26 bits per heavy atom. The van der Waals surface area contributed by atoms with Gasteiger partial charge in [-0.15, -0.1) is 0 Å². The highest BCUT2D eigenvalue weighted by Crippen LogP contribution is 2.89. The smallest absolute Gasteiger partial charge is 0.0594 e. The van der Waals surface area contributed by atoms with Crippen molar-refractivity contribution in [1.29, 1.82) is 0 Å². The minimum absolute atomic E-state index is 0.0840. The third-order valence-electron chi connectivity index (χ3n) is 13.0. The van der Waals surface area contributed by atoms with Crippen LogP contribution in [-0.2, 0) is 0 Å². The number of hydrogen-bond donors (Lipinski definition) is 1. The zero-order chi connectivity index (χ0) is 22.4. The van der Waals surface area contributed by atoms with Gasteiger partial charge in [0, 0.05) is 0 Å². The van der Waals surface area contributed by atoms with Crippen LogP contribution in [0.1, 0.15) is 119 Å². The summed E-state index contributed by atoms with van der Waals surface area (Å²) < 4.78 is 0. The highest BCUT2D eigenvalue weighted by molar-refractivity contribution is 5.30. The van der Waals surface area contributed by atoms with Crippen LogP contribution >= 0.6 is 0 Å². The highest BCUT2D eigenvalue weighted by atomic mass is 16.3. The van der Waals surface area contributed by atoms with Crippen molar-refractivity contribution in [3.63, 3.8) is 0 Å². The fraction of sp³-hybridized carbons (Fsp3) is 0.933. The molecule has 5 fully saturated rings. The van der Waals surface area contributed by atoms with E-state index in [1.54, 1.807) is 0 Å². The normalized spacial score (nSPS) is 52.9. The van der Waals surface area contributed by atoms with Gasteiger partial charge in [0.1, 0.15) is 0 Å². The second kappa shape index (κ2) is 6.86. The molecule has 0 aromatic carbocycles. The Balaban J connectivity index is 1.41. The molecule has 5 aliphatic carbocycles. The second-order valence-electron chi connectivity index (χ2n) is 14.4. The molecule has 0 saturated heterocycles. The minimum atomic E-state index is -0.0840. The molecule has 5 rings (SSSR count). The third kappa shape index (κ3) is 2.71. The van der Waals surface area contributed by atoms with Gasteiger partial charge >= 0.3 is 0 Å². The van der Waals surface area contributed by atoms with Gasteiger partial charge in [0.05, 0.1) is 6.10 Å². The van der Waals surface area contributed by atoms with Crippen LogP contribution in [0.2, 0.25) is 0 Å². The van der Waals surface area contributed by atoms with Crippen LogP contribution in [-0.4, -0.2) is 11.2 Å². The quantitative estimate of drug-likeness (QED) is 0.449. The lowest BCUT2D eigenvalue weighted by Crippen LogP contribution is -2.57. The highest BCUT2D eigenvalue weighted by Gasteiger charge is 2.82. The van der Waals surface area contributed by atoms with E-state index in [9.17, 15) is 5.11 Å². The fourth-order valence-electron chi connectivity index (χ4n) is 11.1. The molecular formula is C30H50O. The maximum absolute atomic E-state index is 10.8. The maximum atomic E-state index is 10.8. The summed E-state index contributed by atoms with van der Waals surface area (Å²) in [4.78, 5) is 0. The first-order valence-corrected chi connectivity index (χ1v) is 13.8. The van der Waals surface area contributed by atoms with E-state index in [2.05, 4.69) is 54.5 Å². The average molecular weight is 427 g/mol. The van der Waals surface area contributed by atoms with Crippen molar-refractivity contribution in [2.24, 2.45) is 50.7 Å². The minimum Gasteiger partial charge on any atom is -0.393 e. The molecule has 0 amide bonds. The van der Waals surface area contributed by atoms with Crippen LogP contribution in [0.3, 0.4) is 0 Å². The molecule has 5 saturated carbocycles. The van der Waals surface area contributed by atoms with Gasteiger partial charge in [-0.05, 0) is 135 Å². The molecule has 0 aromatic rings. The van der Waals surface area contributed by atoms with Crippen LogP contribution in [0.15, 0.2) is 11.6 Å². The fourth-order valence-corrected chi connectivity index (χ4v) is 11.1. The Morgan fingerprint density at radius 2 is 1.55 bits per heavy atom. The maximum Gasteiger partial charge on any atom is 0.0594 e. The van der Waals surface area contributed by atoms with Crippen LogP contribution in [0, 0.1) is 50.7 Å². The molecular weight excluding hydrogens is 376 g/mol. The Labute approximate surface area is 192 Å².